The van der Waals surface area contributed by atoms with E-state index in [1.165, 1.54) is 0 Å². The first-order valence-electron chi connectivity index (χ1n) is 6.33. The predicted octanol–water partition coefficient (Wildman–Crippen LogP) is 1.85. The quantitative estimate of drug-likeness (QED) is 0.845. The Morgan fingerprint density at radius 1 is 1.33 bits per heavy atom. The molecular weight excluding hydrogens is 304 g/mol. The summed E-state index contributed by atoms with van der Waals surface area (Å²) in [6.45, 7) is 2.49. The average Bonchev–Trinajstić information content (AvgIpc) is 2.89. The standard InChI is InChI=1S/C15H16N2O2S2/c1-12-10-20-11-14(12)9-17-21(18,19)15-6-2-4-13(8-15)5-3-7-16/h2,4,6,8,10-11,17H,7,9,16H2,1H3. The van der Waals surface area contributed by atoms with Crippen LogP contribution in [-0.4, -0.2) is 15.0 Å². The van der Waals surface area contributed by atoms with Gasteiger partial charge in [0.1, 0.15) is 0 Å². The third-order valence-corrected chi connectivity index (χ3v) is 5.20. The van der Waals surface area contributed by atoms with E-state index >= 15 is 0 Å². The number of nitrogens with one attached hydrogen (secondary N) is 1. The number of sulfonamides is 1. The van der Waals surface area contributed by atoms with Crippen molar-refractivity contribution in [2.75, 3.05) is 6.54 Å². The van der Waals surface area contributed by atoms with Gasteiger partial charge in [-0.15, -0.1) is 0 Å². The van der Waals surface area contributed by atoms with Gasteiger partial charge in [-0.2, -0.15) is 11.3 Å². The van der Waals surface area contributed by atoms with Gasteiger partial charge in [-0.3, -0.25) is 0 Å². The van der Waals surface area contributed by atoms with Crippen LogP contribution in [0.5, 0.6) is 0 Å². The molecular formula is C15H16N2O2S2. The van der Waals surface area contributed by atoms with Crippen LogP contribution in [0, 0.1) is 18.8 Å². The van der Waals surface area contributed by atoms with E-state index in [2.05, 4.69) is 16.6 Å². The van der Waals surface area contributed by atoms with E-state index in [1.807, 2.05) is 17.7 Å². The molecule has 0 unspecified atom stereocenters. The molecule has 110 valence electrons. The van der Waals surface area contributed by atoms with E-state index in [4.69, 9.17) is 5.73 Å². The van der Waals surface area contributed by atoms with Crippen molar-refractivity contribution >= 4 is 21.4 Å². The van der Waals surface area contributed by atoms with Crippen molar-refractivity contribution in [1.29, 1.82) is 0 Å². The van der Waals surface area contributed by atoms with Crippen LogP contribution >= 0.6 is 11.3 Å². The SMILES string of the molecule is Cc1cscc1CNS(=O)(=O)c1cccc(C#CCN)c1. The normalized spacial score (nSPS) is 11.0. The average molecular weight is 320 g/mol. The van der Waals surface area contributed by atoms with Gasteiger partial charge in [0.25, 0.3) is 0 Å². The van der Waals surface area contributed by atoms with Gasteiger partial charge in [0.15, 0.2) is 0 Å². The zero-order valence-corrected chi connectivity index (χ0v) is 13.2. The molecule has 0 saturated carbocycles. The van der Waals surface area contributed by atoms with Gasteiger partial charge >= 0.3 is 0 Å². The predicted molar refractivity (Wildman–Crippen MR) is 85.5 cm³/mol. The molecule has 0 fully saturated rings. The van der Waals surface area contributed by atoms with E-state index in [1.54, 1.807) is 35.6 Å². The zero-order chi connectivity index (χ0) is 15.3. The highest BCUT2D eigenvalue weighted by atomic mass is 32.2. The highest BCUT2D eigenvalue weighted by Crippen LogP contribution is 2.15. The van der Waals surface area contributed by atoms with E-state index < -0.39 is 10.0 Å². The minimum absolute atomic E-state index is 0.208. The summed E-state index contributed by atoms with van der Waals surface area (Å²) in [5.74, 6) is 5.54. The molecule has 2 rings (SSSR count). The minimum Gasteiger partial charge on any atom is -0.320 e. The Kier molecular flexibility index (Phi) is 5.15. The molecule has 0 radical (unpaired) electrons. The van der Waals surface area contributed by atoms with Crippen LogP contribution < -0.4 is 10.5 Å². The van der Waals surface area contributed by atoms with Gasteiger partial charge in [0, 0.05) is 12.1 Å². The summed E-state index contributed by atoms with van der Waals surface area (Å²) < 4.78 is 27.2. The van der Waals surface area contributed by atoms with E-state index in [9.17, 15) is 8.42 Å². The summed E-state index contributed by atoms with van der Waals surface area (Å²) in [5, 5.41) is 3.94. The summed E-state index contributed by atoms with van der Waals surface area (Å²) in [7, 11) is -3.55. The highest BCUT2D eigenvalue weighted by molar-refractivity contribution is 7.89. The van der Waals surface area contributed by atoms with Crippen LogP contribution in [0.2, 0.25) is 0 Å². The summed E-state index contributed by atoms with van der Waals surface area (Å²) in [6, 6.07) is 6.53. The minimum atomic E-state index is -3.55. The molecule has 1 aromatic carbocycles. The van der Waals surface area contributed by atoms with Crippen LogP contribution in [0.15, 0.2) is 39.9 Å². The van der Waals surface area contributed by atoms with Crippen molar-refractivity contribution in [1.82, 2.24) is 4.72 Å². The maximum Gasteiger partial charge on any atom is 0.240 e. The van der Waals surface area contributed by atoms with Gasteiger partial charge in [-0.25, -0.2) is 13.1 Å². The van der Waals surface area contributed by atoms with Gasteiger partial charge in [-0.05, 0) is 47.0 Å². The van der Waals surface area contributed by atoms with E-state index in [0.29, 0.717) is 5.56 Å². The second-order valence-electron chi connectivity index (χ2n) is 4.44. The third-order valence-electron chi connectivity index (χ3n) is 2.89. The Labute approximate surface area is 129 Å². The number of benzene rings is 1. The fourth-order valence-corrected chi connectivity index (χ4v) is 3.63. The molecule has 1 aromatic heterocycles. The van der Waals surface area contributed by atoms with Gasteiger partial charge in [0.2, 0.25) is 10.0 Å². The van der Waals surface area contributed by atoms with Crippen molar-refractivity contribution in [3.8, 4) is 11.8 Å². The number of hydrogen-bond acceptors (Lipinski definition) is 4. The second kappa shape index (κ2) is 6.87. The number of nitrogens with two attached hydrogens (primary N) is 1. The van der Waals surface area contributed by atoms with Crippen LogP contribution in [0.25, 0.3) is 0 Å². The molecule has 0 atom stereocenters. The first-order chi connectivity index (χ1) is 10.0. The second-order valence-corrected chi connectivity index (χ2v) is 6.95. The molecule has 21 heavy (non-hydrogen) atoms. The van der Waals surface area contributed by atoms with Crippen molar-refractivity contribution in [2.45, 2.75) is 18.4 Å². The van der Waals surface area contributed by atoms with Crippen molar-refractivity contribution < 1.29 is 8.42 Å². The monoisotopic (exact) mass is 320 g/mol. The molecule has 0 amide bonds. The Bertz CT molecular complexity index is 783. The summed E-state index contributed by atoms with van der Waals surface area (Å²) in [4.78, 5) is 0.208. The molecule has 0 aliphatic heterocycles. The van der Waals surface area contributed by atoms with Crippen LogP contribution in [0.4, 0.5) is 0 Å². The highest BCUT2D eigenvalue weighted by Gasteiger charge is 2.14. The number of aryl methyl sites for hydroxylation is 1. The number of thiophene rings is 1. The summed E-state index contributed by atoms with van der Waals surface area (Å²) in [6.07, 6.45) is 0. The van der Waals surface area contributed by atoms with E-state index in [-0.39, 0.29) is 18.0 Å². The molecule has 1 heterocycles. The Morgan fingerprint density at radius 2 is 2.14 bits per heavy atom. The lowest BCUT2D eigenvalue weighted by Crippen LogP contribution is -2.23. The smallest absolute Gasteiger partial charge is 0.240 e. The van der Waals surface area contributed by atoms with Crippen LogP contribution in [0.3, 0.4) is 0 Å². The lowest BCUT2D eigenvalue weighted by Gasteiger charge is -2.07. The van der Waals surface area contributed by atoms with Gasteiger partial charge < -0.3 is 5.73 Å². The molecule has 3 N–H and O–H groups in total. The molecule has 6 heteroatoms. The summed E-state index contributed by atoms with van der Waals surface area (Å²) in [5.41, 5.74) is 8.02. The first kappa shape index (κ1) is 15.7. The van der Waals surface area contributed by atoms with Crippen molar-refractivity contribution in [2.24, 2.45) is 5.73 Å². The lowest BCUT2D eigenvalue weighted by atomic mass is 10.2. The molecule has 0 saturated heterocycles. The maximum atomic E-state index is 12.3. The van der Waals surface area contributed by atoms with Crippen LogP contribution in [-0.2, 0) is 16.6 Å². The maximum absolute atomic E-state index is 12.3. The number of hydrogen-bond donors (Lipinski definition) is 2. The van der Waals surface area contributed by atoms with Gasteiger partial charge in [-0.1, -0.05) is 17.9 Å². The van der Waals surface area contributed by atoms with Gasteiger partial charge in [0.05, 0.1) is 11.4 Å². The topological polar surface area (TPSA) is 72.2 Å². The van der Waals surface area contributed by atoms with Crippen molar-refractivity contribution in [3.05, 3.63) is 51.7 Å². The molecule has 4 nitrogen and oxygen atoms in total. The Hall–Kier alpha value is -1.65. The molecule has 0 aliphatic carbocycles. The number of rotatable bonds is 4. The molecule has 0 spiro atoms. The molecule has 0 aliphatic rings. The lowest BCUT2D eigenvalue weighted by molar-refractivity contribution is 0.581. The first-order valence-corrected chi connectivity index (χ1v) is 8.76. The Morgan fingerprint density at radius 3 is 2.81 bits per heavy atom. The molecule has 2 aromatic rings. The fraction of sp³-hybridized carbons (Fsp3) is 0.200. The molecule has 0 bridgehead atoms. The zero-order valence-electron chi connectivity index (χ0n) is 11.6. The largest absolute Gasteiger partial charge is 0.320 e. The Balaban J connectivity index is 2.17. The fourth-order valence-electron chi connectivity index (χ4n) is 1.72. The van der Waals surface area contributed by atoms with E-state index in [0.717, 1.165) is 11.1 Å². The summed E-state index contributed by atoms with van der Waals surface area (Å²) >= 11 is 1.56. The van der Waals surface area contributed by atoms with Crippen LogP contribution in [0.1, 0.15) is 16.7 Å². The van der Waals surface area contributed by atoms with Crippen molar-refractivity contribution in [3.63, 3.8) is 0 Å². The third kappa shape index (κ3) is 4.16.